The molecular weight excluding hydrogens is 273 g/mol. The Balaban J connectivity index is 2.26. The molecule has 0 spiro atoms. The molecule has 18 heavy (non-hydrogen) atoms. The average molecular weight is 290 g/mol. The molecule has 1 aromatic carbocycles. The lowest BCUT2D eigenvalue weighted by Crippen LogP contribution is -2.38. The quantitative estimate of drug-likeness (QED) is 0.818. The van der Waals surface area contributed by atoms with Crippen molar-refractivity contribution in [3.63, 3.8) is 0 Å². The molecule has 0 saturated carbocycles. The van der Waals surface area contributed by atoms with Gasteiger partial charge in [-0.3, -0.25) is 0 Å². The number of urea groups is 1. The van der Waals surface area contributed by atoms with Gasteiger partial charge in [-0.2, -0.15) is 0 Å². The summed E-state index contributed by atoms with van der Waals surface area (Å²) in [5.74, 6) is 0. The molecule has 1 aromatic rings. The van der Waals surface area contributed by atoms with Gasteiger partial charge in [0, 0.05) is 43.8 Å². The van der Waals surface area contributed by atoms with Gasteiger partial charge in [-0.15, -0.1) is 0 Å². The number of nitrogens with one attached hydrogen (secondary N) is 2. The molecule has 0 unspecified atom stereocenters. The number of hydrogen-bond donors (Lipinski definition) is 2. The first kappa shape index (κ1) is 15.1. The van der Waals surface area contributed by atoms with Gasteiger partial charge in [-0.05, 0) is 23.8 Å². The van der Waals surface area contributed by atoms with Crippen LogP contribution in [0.1, 0.15) is 5.56 Å². The van der Waals surface area contributed by atoms with Crippen LogP contribution in [0.3, 0.4) is 0 Å². The molecule has 4 nitrogen and oxygen atoms in total. The Morgan fingerprint density at radius 1 is 1.28 bits per heavy atom. The zero-order chi connectivity index (χ0) is 13.5. The van der Waals surface area contributed by atoms with Crippen molar-refractivity contribution in [3.05, 3.63) is 33.8 Å². The molecule has 0 aliphatic carbocycles. The lowest BCUT2D eigenvalue weighted by molar-refractivity contribution is 0.217. The number of nitrogens with zero attached hydrogens (tertiary/aromatic N) is 1. The Hall–Kier alpha value is -0.970. The van der Waals surface area contributed by atoms with Crippen LogP contribution in [-0.2, 0) is 6.54 Å². The van der Waals surface area contributed by atoms with Gasteiger partial charge in [0.15, 0.2) is 0 Å². The van der Waals surface area contributed by atoms with Gasteiger partial charge in [-0.25, -0.2) is 4.79 Å². The number of carbonyl (C=O) groups excluding carboxylic acids is 1. The van der Waals surface area contributed by atoms with Crippen LogP contribution < -0.4 is 10.6 Å². The summed E-state index contributed by atoms with van der Waals surface area (Å²) in [6, 6.07) is 5.26. The molecule has 100 valence electrons. The Kier molecular flexibility index (Phi) is 6.25. The summed E-state index contributed by atoms with van der Waals surface area (Å²) in [5, 5.41) is 7.30. The fourth-order valence-corrected chi connectivity index (χ4v) is 1.70. The summed E-state index contributed by atoms with van der Waals surface area (Å²) < 4.78 is 0. The maximum absolute atomic E-state index is 11.2. The van der Waals surface area contributed by atoms with E-state index in [1.54, 1.807) is 26.2 Å². The first-order chi connectivity index (χ1) is 8.50. The molecule has 0 saturated heterocycles. The van der Waals surface area contributed by atoms with Crippen LogP contribution >= 0.6 is 23.2 Å². The number of rotatable bonds is 5. The Morgan fingerprint density at radius 3 is 2.67 bits per heavy atom. The summed E-state index contributed by atoms with van der Waals surface area (Å²) in [7, 11) is 3.41. The summed E-state index contributed by atoms with van der Waals surface area (Å²) in [6.07, 6.45) is 0. The molecule has 0 bridgehead atoms. The largest absolute Gasteiger partial charge is 0.337 e. The summed E-state index contributed by atoms with van der Waals surface area (Å²) in [4.78, 5) is 12.7. The molecule has 0 aliphatic rings. The Morgan fingerprint density at radius 2 is 2.00 bits per heavy atom. The van der Waals surface area contributed by atoms with Crippen molar-refractivity contribution in [1.29, 1.82) is 0 Å². The average Bonchev–Trinajstić information content (AvgIpc) is 2.32. The monoisotopic (exact) mass is 289 g/mol. The van der Waals surface area contributed by atoms with Crippen molar-refractivity contribution in [3.8, 4) is 0 Å². The Bertz CT molecular complexity index is 410. The van der Waals surface area contributed by atoms with E-state index in [0.717, 1.165) is 5.56 Å². The molecule has 0 fully saturated rings. The standard InChI is InChI=1S/C12H17Cl2N3O/c1-17(2)12(18)16-6-5-15-8-9-7-10(13)3-4-11(9)14/h3-4,7,15H,5-6,8H2,1-2H3,(H,16,18). The van der Waals surface area contributed by atoms with E-state index >= 15 is 0 Å². The molecular formula is C12H17Cl2N3O. The SMILES string of the molecule is CN(C)C(=O)NCCNCc1cc(Cl)ccc1Cl. The molecule has 2 amide bonds. The second-order valence-electron chi connectivity index (χ2n) is 4.04. The Labute approximate surface area is 117 Å². The van der Waals surface area contributed by atoms with E-state index in [4.69, 9.17) is 23.2 Å². The summed E-state index contributed by atoms with van der Waals surface area (Å²) in [6.45, 7) is 1.86. The van der Waals surface area contributed by atoms with E-state index in [9.17, 15) is 4.79 Å². The summed E-state index contributed by atoms with van der Waals surface area (Å²) in [5.41, 5.74) is 0.947. The highest BCUT2D eigenvalue weighted by atomic mass is 35.5. The third-order valence-corrected chi connectivity index (χ3v) is 2.91. The van der Waals surface area contributed by atoms with Crippen molar-refractivity contribution in [2.75, 3.05) is 27.2 Å². The first-order valence-corrected chi connectivity index (χ1v) is 6.36. The van der Waals surface area contributed by atoms with Crippen LogP contribution in [-0.4, -0.2) is 38.1 Å². The predicted molar refractivity (Wildman–Crippen MR) is 75.3 cm³/mol. The molecule has 0 heterocycles. The lowest BCUT2D eigenvalue weighted by atomic mass is 10.2. The minimum Gasteiger partial charge on any atom is -0.337 e. The van der Waals surface area contributed by atoms with Crippen LogP contribution in [0, 0.1) is 0 Å². The van der Waals surface area contributed by atoms with Crippen LogP contribution in [0.25, 0.3) is 0 Å². The van der Waals surface area contributed by atoms with Crippen molar-refractivity contribution >= 4 is 29.2 Å². The molecule has 6 heteroatoms. The van der Waals surface area contributed by atoms with Gasteiger partial charge in [0.1, 0.15) is 0 Å². The normalized spacial score (nSPS) is 10.2. The van der Waals surface area contributed by atoms with E-state index in [0.29, 0.717) is 29.7 Å². The summed E-state index contributed by atoms with van der Waals surface area (Å²) >= 11 is 11.9. The third-order valence-electron chi connectivity index (χ3n) is 2.31. The second kappa shape index (κ2) is 7.46. The molecule has 0 aliphatic heterocycles. The van der Waals surface area contributed by atoms with Crippen LogP contribution in [0.5, 0.6) is 0 Å². The van der Waals surface area contributed by atoms with Gasteiger partial charge in [0.05, 0.1) is 0 Å². The zero-order valence-corrected chi connectivity index (χ0v) is 12.0. The number of hydrogen-bond acceptors (Lipinski definition) is 2. The molecule has 0 radical (unpaired) electrons. The predicted octanol–water partition coefficient (Wildman–Crippen LogP) is 2.35. The molecule has 0 atom stereocenters. The minimum absolute atomic E-state index is 0.0995. The molecule has 1 rings (SSSR count). The zero-order valence-electron chi connectivity index (χ0n) is 10.5. The van der Waals surface area contributed by atoms with Crippen LogP contribution in [0.4, 0.5) is 4.79 Å². The second-order valence-corrected chi connectivity index (χ2v) is 4.88. The first-order valence-electron chi connectivity index (χ1n) is 5.60. The topological polar surface area (TPSA) is 44.4 Å². The number of benzene rings is 1. The number of halogens is 2. The van der Waals surface area contributed by atoms with Crippen LogP contribution in [0.2, 0.25) is 10.0 Å². The maximum atomic E-state index is 11.2. The van der Waals surface area contributed by atoms with Crippen LogP contribution in [0.15, 0.2) is 18.2 Å². The van der Waals surface area contributed by atoms with E-state index in [-0.39, 0.29) is 6.03 Å². The highest BCUT2D eigenvalue weighted by molar-refractivity contribution is 6.33. The molecule has 2 N–H and O–H groups in total. The molecule has 0 aromatic heterocycles. The van der Waals surface area contributed by atoms with Gasteiger partial charge in [0.25, 0.3) is 0 Å². The van der Waals surface area contributed by atoms with Gasteiger partial charge in [-0.1, -0.05) is 23.2 Å². The fourth-order valence-electron chi connectivity index (χ4n) is 1.32. The number of carbonyl (C=O) groups is 1. The minimum atomic E-state index is -0.0995. The van der Waals surface area contributed by atoms with E-state index in [1.165, 1.54) is 4.90 Å². The van der Waals surface area contributed by atoms with Gasteiger partial charge in [0.2, 0.25) is 0 Å². The van der Waals surface area contributed by atoms with Gasteiger partial charge >= 0.3 is 6.03 Å². The van der Waals surface area contributed by atoms with Crippen molar-refractivity contribution in [2.45, 2.75) is 6.54 Å². The number of amides is 2. The third kappa shape index (κ3) is 5.12. The van der Waals surface area contributed by atoms with Crippen molar-refractivity contribution in [1.82, 2.24) is 15.5 Å². The van der Waals surface area contributed by atoms with Crippen molar-refractivity contribution in [2.24, 2.45) is 0 Å². The maximum Gasteiger partial charge on any atom is 0.316 e. The highest BCUT2D eigenvalue weighted by Crippen LogP contribution is 2.20. The van der Waals surface area contributed by atoms with E-state index < -0.39 is 0 Å². The highest BCUT2D eigenvalue weighted by Gasteiger charge is 2.02. The lowest BCUT2D eigenvalue weighted by Gasteiger charge is -2.12. The van der Waals surface area contributed by atoms with Gasteiger partial charge < -0.3 is 15.5 Å². The fraction of sp³-hybridized carbons (Fsp3) is 0.417. The smallest absolute Gasteiger partial charge is 0.316 e. The van der Waals surface area contributed by atoms with E-state index in [1.807, 2.05) is 6.07 Å². The van der Waals surface area contributed by atoms with Crippen molar-refractivity contribution < 1.29 is 4.79 Å². The van der Waals surface area contributed by atoms with E-state index in [2.05, 4.69) is 10.6 Å².